The maximum atomic E-state index is 12.6. The van der Waals surface area contributed by atoms with E-state index >= 15 is 0 Å². The number of hydrogen-bond acceptors (Lipinski definition) is 4. The molecule has 1 aliphatic heterocycles. The van der Waals surface area contributed by atoms with Gasteiger partial charge in [-0.1, -0.05) is 23.7 Å². The number of carbonyl (C=O) groups excluding carboxylic acids is 1. The van der Waals surface area contributed by atoms with E-state index < -0.39 is 10.0 Å². The molecule has 0 saturated carbocycles. The zero-order valence-electron chi connectivity index (χ0n) is 14.0. The van der Waals surface area contributed by atoms with Crippen LogP contribution in [0.4, 0.5) is 5.69 Å². The van der Waals surface area contributed by atoms with E-state index in [2.05, 4.69) is 5.32 Å². The van der Waals surface area contributed by atoms with E-state index in [0.717, 1.165) is 18.4 Å². The Balaban J connectivity index is 1.77. The summed E-state index contributed by atoms with van der Waals surface area (Å²) in [5, 5.41) is 13.1. The van der Waals surface area contributed by atoms with Crippen molar-refractivity contribution in [1.29, 1.82) is 0 Å². The molecule has 1 heterocycles. The SMILES string of the molecule is O=C(Cc1ccc(Cl)cc1)Nc1cc(S(=O)(=O)N2CCCC2)ccc1O. The van der Waals surface area contributed by atoms with Crippen molar-refractivity contribution in [1.82, 2.24) is 4.31 Å². The van der Waals surface area contributed by atoms with Crippen LogP contribution in [0.1, 0.15) is 18.4 Å². The van der Waals surface area contributed by atoms with Crippen molar-refractivity contribution in [2.75, 3.05) is 18.4 Å². The lowest BCUT2D eigenvalue weighted by Gasteiger charge is -2.16. The van der Waals surface area contributed by atoms with Gasteiger partial charge in [0.05, 0.1) is 17.0 Å². The molecule has 0 radical (unpaired) electrons. The zero-order chi connectivity index (χ0) is 18.7. The van der Waals surface area contributed by atoms with E-state index in [0.29, 0.717) is 18.1 Å². The largest absolute Gasteiger partial charge is 0.506 e. The fraction of sp³-hybridized carbons (Fsp3) is 0.278. The minimum absolute atomic E-state index is 0.0546. The molecule has 0 atom stereocenters. The first-order valence-electron chi connectivity index (χ1n) is 8.24. The van der Waals surface area contributed by atoms with Gasteiger partial charge in [0.1, 0.15) is 5.75 Å². The minimum Gasteiger partial charge on any atom is -0.506 e. The Morgan fingerprint density at radius 3 is 2.42 bits per heavy atom. The molecule has 0 bridgehead atoms. The number of sulfonamides is 1. The molecule has 2 aromatic carbocycles. The van der Waals surface area contributed by atoms with Gasteiger partial charge in [-0.05, 0) is 48.7 Å². The number of benzene rings is 2. The molecule has 6 nitrogen and oxygen atoms in total. The second-order valence-electron chi connectivity index (χ2n) is 6.14. The maximum Gasteiger partial charge on any atom is 0.243 e. The summed E-state index contributed by atoms with van der Waals surface area (Å²) < 4.78 is 26.7. The summed E-state index contributed by atoms with van der Waals surface area (Å²) in [5.74, 6) is -0.548. The minimum atomic E-state index is -3.62. The third-order valence-corrected chi connectivity index (χ3v) is 6.37. The first kappa shape index (κ1) is 18.7. The van der Waals surface area contributed by atoms with Gasteiger partial charge in [-0.2, -0.15) is 4.31 Å². The molecule has 3 rings (SSSR count). The van der Waals surface area contributed by atoms with E-state index in [1.165, 1.54) is 22.5 Å². The van der Waals surface area contributed by atoms with Gasteiger partial charge in [0.2, 0.25) is 15.9 Å². The Hall–Kier alpha value is -2.09. The highest BCUT2D eigenvalue weighted by atomic mass is 35.5. The molecule has 0 aliphatic carbocycles. The van der Waals surface area contributed by atoms with E-state index in [4.69, 9.17) is 11.6 Å². The lowest BCUT2D eigenvalue weighted by molar-refractivity contribution is -0.115. The topological polar surface area (TPSA) is 86.7 Å². The van der Waals surface area contributed by atoms with Crippen molar-refractivity contribution in [2.45, 2.75) is 24.2 Å². The van der Waals surface area contributed by atoms with Crippen LogP contribution in [0, 0.1) is 0 Å². The van der Waals surface area contributed by atoms with Crippen LogP contribution in [0.25, 0.3) is 0 Å². The number of carbonyl (C=O) groups is 1. The molecule has 1 aliphatic rings. The van der Waals surface area contributed by atoms with Gasteiger partial charge >= 0.3 is 0 Å². The number of rotatable bonds is 5. The summed E-state index contributed by atoms with van der Waals surface area (Å²) in [7, 11) is -3.62. The van der Waals surface area contributed by atoms with Crippen molar-refractivity contribution in [3.05, 3.63) is 53.1 Å². The van der Waals surface area contributed by atoms with Crippen LogP contribution < -0.4 is 5.32 Å². The highest BCUT2D eigenvalue weighted by Gasteiger charge is 2.27. The Morgan fingerprint density at radius 2 is 1.77 bits per heavy atom. The van der Waals surface area contributed by atoms with Crippen LogP contribution in [-0.2, 0) is 21.2 Å². The molecule has 2 aromatic rings. The summed E-state index contributed by atoms with van der Waals surface area (Å²) in [6.45, 7) is 0.975. The fourth-order valence-electron chi connectivity index (χ4n) is 2.84. The smallest absolute Gasteiger partial charge is 0.243 e. The Labute approximate surface area is 157 Å². The summed E-state index contributed by atoms with van der Waals surface area (Å²) >= 11 is 5.82. The summed E-state index contributed by atoms with van der Waals surface area (Å²) in [6.07, 6.45) is 1.75. The Bertz CT molecular complexity index is 907. The van der Waals surface area contributed by atoms with Crippen LogP contribution >= 0.6 is 11.6 Å². The highest BCUT2D eigenvalue weighted by molar-refractivity contribution is 7.89. The van der Waals surface area contributed by atoms with Gasteiger partial charge in [0.15, 0.2) is 0 Å². The summed E-state index contributed by atoms with van der Waals surface area (Å²) in [6, 6.07) is 10.8. The van der Waals surface area contributed by atoms with Crippen molar-refractivity contribution in [2.24, 2.45) is 0 Å². The predicted molar refractivity (Wildman–Crippen MR) is 99.9 cm³/mol. The molecule has 1 saturated heterocycles. The normalized spacial score (nSPS) is 15.1. The Morgan fingerprint density at radius 1 is 1.12 bits per heavy atom. The lowest BCUT2D eigenvalue weighted by Crippen LogP contribution is -2.28. The molecule has 26 heavy (non-hydrogen) atoms. The van der Waals surface area contributed by atoms with Gasteiger partial charge in [-0.15, -0.1) is 0 Å². The number of phenolic OH excluding ortho intramolecular Hbond substituents is 1. The molecular weight excluding hydrogens is 376 g/mol. The van der Waals surface area contributed by atoms with Crippen LogP contribution in [0.3, 0.4) is 0 Å². The van der Waals surface area contributed by atoms with E-state index in [9.17, 15) is 18.3 Å². The van der Waals surface area contributed by atoms with E-state index in [1.54, 1.807) is 24.3 Å². The third kappa shape index (κ3) is 4.17. The van der Waals surface area contributed by atoms with Crippen LogP contribution in [0.15, 0.2) is 47.4 Å². The zero-order valence-corrected chi connectivity index (χ0v) is 15.6. The predicted octanol–water partition coefficient (Wildman–Crippen LogP) is 3.01. The summed E-state index contributed by atoms with van der Waals surface area (Å²) in [5.41, 5.74) is 0.830. The molecular formula is C18H19ClN2O4S. The van der Waals surface area contributed by atoms with Crippen LogP contribution in [-0.4, -0.2) is 36.8 Å². The quantitative estimate of drug-likeness (QED) is 0.763. The molecule has 0 aromatic heterocycles. The molecule has 138 valence electrons. The van der Waals surface area contributed by atoms with Gasteiger partial charge < -0.3 is 10.4 Å². The summed E-state index contributed by atoms with van der Waals surface area (Å²) in [4.78, 5) is 12.3. The number of anilines is 1. The van der Waals surface area contributed by atoms with Gasteiger partial charge in [-0.25, -0.2) is 8.42 Å². The molecule has 0 spiro atoms. The monoisotopic (exact) mass is 394 g/mol. The van der Waals surface area contributed by atoms with Crippen molar-refractivity contribution in [3.8, 4) is 5.75 Å². The molecule has 1 fully saturated rings. The second-order valence-corrected chi connectivity index (χ2v) is 8.52. The first-order valence-corrected chi connectivity index (χ1v) is 10.1. The maximum absolute atomic E-state index is 12.6. The number of nitrogens with zero attached hydrogens (tertiary/aromatic N) is 1. The number of amides is 1. The third-order valence-electron chi connectivity index (χ3n) is 4.22. The van der Waals surface area contributed by atoms with Gasteiger partial charge in [-0.3, -0.25) is 4.79 Å². The number of phenols is 1. The van der Waals surface area contributed by atoms with Crippen molar-refractivity contribution in [3.63, 3.8) is 0 Å². The number of hydrogen-bond donors (Lipinski definition) is 2. The average molecular weight is 395 g/mol. The average Bonchev–Trinajstić information content (AvgIpc) is 3.14. The molecule has 8 heteroatoms. The van der Waals surface area contributed by atoms with Crippen LogP contribution in [0.5, 0.6) is 5.75 Å². The molecule has 1 amide bonds. The van der Waals surface area contributed by atoms with E-state index in [-0.39, 0.29) is 28.7 Å². The number of nitrogens with one attached hydrogen (secondary N) is 1. The van der Waals surface area contributed by atoms with Crippen LogP contribution in [0.2, 0.25) is 5.02 Å². The lowest BCUT2D eigenvalue weighted by atomic mass is 10.1. The number of aromatic hydroxyl groups is 1. The van der Waals surface area contributed by atoms with Crippen molar-refractivity contribution < 1.29 is 18.3 Å². The molecule has 0 unspecified atom stereocenters. The Kier molecular flexibility index (Phi) is 5.50. The van der Waals surface area contributed by atoms with Gasteiger partial charge in [0, 0.05) is 18.1 Å². The fourth-order valence-corrected chi connectivity index (χ4v) is 4.51. The first-order chi connectivity index (χ1) is 12.4. The standard InChI is InChI=1S/C18H19ClN2O4S/c19-14-5-3-13(4-6-14)11-18(23)20-16-12-15(7-8-17(16)22)26(24,25)21-9-1-2-10-21/h3-8,12,22H,1-2,9-11H2,(H,20,23). The molecule has 2 N–H and O–H groups in total. The van der Waals surface area contributed by atoms with Gasteiger partial charge in [0.25, 0.3) is 0 Å². The second kappa shape index (κ2) is 7.65. The van der Waals surface area contributed by atoms with Crippen molar-refractivity contribution >= 4 is 33.2 Å². The highest BCUT2D eigenvalue weighted by Crippen LogP contribution is 2.29. The van der Waals surface area contributed by atoms with E-state index in [1.807, 2.05) is 0 Å². The number of halogens is 1.